The zero-order valence-corrected chi connectivity index (χ0v) is 10.3. The maximum Gasteiger partial charge on any atom is 0.391 e. The molecule has 3 nitrogen and oxygen atoms in total. The summed E-state index contributed by atoms with van der Waals surface area (Å²) in [6.07, 6.45) is -3.63. The first-order valence-electron chi connectivity index (χ1n) is 5.37. The second-order valence-electron chi connectivity index (χ2n) is 4.05. The van der Waals surface area contributed by atoms with E-state index in [4.69, 9.17) is 11.6 Å². The van der Waals surface area contributed by atoms with E-state index >= 15 is 0 Å². The molecule has 2 aromatic rings. The summed E-state index contributed by atoms with van der Waals surface area (Å²) in [5.41, 5.74) is 0.993. The topological polar surface area (TPSA) is 30.7 Å². The zero-order valence-electron chi connectivity index (χ0n) is 9.58. The Labute approximate surface area is 107 Å². The molecular weight excluding hydrogens is 267 g/mol. The van der Waals surface area contributed by atoms with Gasteiger partial charge in [-0.2, -0.15) is 13.2 Å². The van der Waals surface area contributed by atoms with Gasteiger partial charge in [0.25, 0.3) is 0 Å². The van der Waals surface area contributed by atoms with Gasteiger partial charge in [0.2, 0.25) is 0 Å². The van der Waals surface area contributed by atoms with E-state index in [0.29, 0.717) is 17.0 Å². The molecule has 0 aliphatic heterocycles. The minimum absolute atomic E-state index is 0.0541. The molecule has 1 atom stereocenters. The smallest absolute Gasteiger partial charge is 0.309 e. The van der Waals surface area contributed by atoms with E-state index in [1.165, 1.54) is 17.7 Å². The van der Waals surface area contributed by atoms with Crippen LogP contribution in [0.4, 0.5) is 13.2 Å². The molecule has 0 bridgehead atoms. The average Bonchev–Trinajstić information content (AvgIpc) is 2.64. The molecule has 0 aliphatic carbocycles. The first-order valence-corrected chi connectivity index (χ1v) is 5.90. The molecule has 0 amide bonds. The van der Waals surface area contributed by atoms with Crippen molar-refractivity contribution in [1.82, 2.24) is 14.5 Å². The highest BCUT2D eigenvalue weighted by atomic mass is 35.5. The largest absolute Gasteiger partial charge is 0.391 e. The van der Waals surface area contributed by atoms with Crippen LogP contribution in [0, 0.1) is 0 Å². The molecule has 0 N–H and O–H groups in total. The van der Waals surface area contributed by atoms with Crippen LogP contribution in [0.25, 0.3) is 11.2 Å². The number of hydrogen-bond acceptors (Lipinski definition) is 2. The summed E-state index contributed by atoms with van der Waals surface area (Å²) in [5, 5.41) is 0. The monoisotopic (exact) mass is 277 g/mol. The summed E-state index contributed by atoms with van der Waals surface area (Å²) < 4.78 is 38.8. The molecule has 0 aromatic carbocycles. The number of pyridine rings is 1. The third-order valence-electron chi connectivity index (χ3n) is 2.61. The van der Waals surface area contributed by atoms with Gasteiger partial charge in [-0.3, -0.25) is 0 Å². The number of rotatable bonds is 3. The summed E-state index contributed by atoms with van der Waals surface area (Å²) >= 11 is 5.73. The molecule has 98 valence electrons. The van der Waals surface area contributed by atoms with Gasteiger partial charge in [-0.1, -0.05) is 0 Å². The van der Waals surface area contributed by atoms with Gasteiger partial charge < -0.3 is 4.57 Å². The van der Waals surface area contributed by atoms with E-state index in [1.54, 1.807) is 12.1 Å². The van der Waals surface area contributed by atoms with Crippen LogP contribution in [-0.2, 0) is 5.88 Å². The molecule has 0 fully saturated rings. The molecule has 0 spiro atoms. The third kappa shape index (κ3) is 2.58. The number of imidazole rings is 1. The van der Waals surface area contributed by atoms with Crippen molar-refractivity contribution in [2.75, 3.05) is 0 Å². The maximum atomic E-state index is 12.4. The van der Waals surface area contributed by atoms with E-state index < -0.39 is 18.6 Å². The molecular formula is C11H11ClF3N3. The summed E-state index contributed by atoms with van der Waals surface area (Å²) in [6, 6.07) is 2.61. The molecule has 1 unspecified atom stereocenters. The van der Waals surface area contributed by atoms with Crippen molar-refractivity contribution in [3.63, 3.8) is 0 Å². The van der Waals surface area contributed by atoms with Crippen LogP contribution in [0.1, 0.15) is 25.2 Å². The fourth-order valence-corrected chi connectivity index (χ4v) is 2.15. The van der Waals surface area contributed by atoms with E-state index in [2.05, 4.69) is 9.97 Å². The molecule has 0 radical (unpaired) electrons. The highest BCUT2D eigenvalue weighted by molar-refractivity contribution is 6.16. The van der Waals surface area contributed by atoms with Gasteiger partial charge in [0.15, 0.2) is 5.65 Å². The van der Waals surface area contributed by atoms with Crippen LogP contribution in [0.5, 0.6) is 0 Å². The number of aromatic nitrogens is 3. The first kappa shape index (κ1) is 13.1. The lowest BCUT2D eigenvalue weighted by atomic mass is 10.2. The highest BCUT2D eigenvalue weighted by Crippen LogP contribution is 2.30. The first-order chi connectivity index (χ1) is 8.42. The summed E-state index contributed by atoms with van der Waals surface area (Å²) in [5.74, 6) is 0.459. The Balaban J connectivity index is 2.48. The zero-order chi connectivity index (χ0) is 13.3. The number of halogens is 4. The highest BCUT2D eigenvalue weighted by Gasteiger charge is 2.32. The van der Waals surface area contributed by atoms with Crippen molar-refractivity contribution in [3.8, 4) is 0 Å². The third-order valence-corrected chi connectivity index (χ3v) is 2.85. The second-order valence-corrected chi connectivity index (χ2v) is 4.31. The normalized spacial score (nSPS) is 14.1. The Morgan fingerprint density at radius 1 is 1.44 bits per heavy atom. The lowest BCUT2D eigenvalue weighted by molar-refractivity contribution is -0.141. The molecule has 2 aromatic heterocycles. The molecule has 0 aliphatic rings. The van der Waals surface area contributed by atoms with Gasteiger partial charge in [-0.25, -0.2) is 9.97 Å². The summed E-state index contributed by atoms with van der Waals surface area (Å²) in [4.78, 5) is 8.26. The molecule has 18 heavy (non-hydrogen) atoms. The Morgan fingerprint density at radius 3 is 2.78 bits per heavy atom. The number of nitrogens with zero attached hydrogens (tertiary/aromatic N) is 3. The van der Waals surface area contributed by atoms with Gasteiger partial charge in [0.1, 0.15) is 11.3 Å². The molecule has 2 rings (SSSR count). The minimum Gasteiger partial charge on any atom is -0.309 e. The molecule has 0 saturated heterocycles. The van der Waals surface area contributed by atoms with Crippen LogP contribution in [0.15, 0.2) is 18.3 Å². The van der Waals surface area contributed by atoms with Crippen molar-refractivity contribution in [1.29, 1.82) is 0 Å². The van der Waals surface area contributed by atoms with Gasteiger partial charge in [0, 0.05) is 12.2 Å². The number of fused-ring (bicyclic) bond motifs is 1. The fraction of sp³-hybridized carbons (Fsp3) is 0.455. The maximum absolute atomic E-state index is 12.4. The lowest BCUT2D eigenvalue weighted by Crippen LogP contribution is -2.18. The van der Waals surface area contributed by atoms with Crippen LogP contribution in [0.2, 0.25) is 0 Å². The predicted octanol–water partition coefficient (Wildman–Crippen LogP) is 3.68. The molecule has 7 heteroatoms. The average molecular weight is 278 g/mol. The Bertz CT molecular complexity index is 550. The van der Waals surface area contributed by atoms with Gasteiger partial charge in [0.05, 0.1) is 12.3 Å². The van der Waals surface area contributed by atoms with E-state index in [1.807, 2.05) is 0 Å². The Hall–Kier alpha value is -1.30. The molecule has 0 saturated carbocycles. The Morgan fingerprint density at radius 2 is 2.17 bits per heavy atom. The second kappa shape index (κ2) is 4.76. The SMILES string of the molecule is CC(CC(F)(F)F)n1c(CCl)nc2cccnc21. The summed E-state index contributed by atoms with van der Waals surface area (Å²) in [7, 11) is 0. The lowest BCUT2D eigenvalue weighted by Gasteiger charge is -2.17. The van der Waals surface area contributed by atoms with Crippen LogP contribution in [0.3, 0.4) is 0 Å². The van der Waals surface area contributed by atoms with Gasteiger partial charge in [-0.15, -0.1) is 11.6 Å². The fourth-order valence-electron chi connectivity index (χ4n) is 1.96. The predicted molar refractivity (Wildman–Crippen MR) is 62.5 cm³/mol. The van der Waals surface area contributed by atoms with Crippen molar-refractivity contribution in [3.05, 3.63) is 24.2 Å². The quantitative estimate of drug-likeness (QED) is 0.801. The van der Waals surface area contributed by atoms with Gasteiger partial charge >= 0.3 is 6.18 Å². The van der Waals surface area contributed by atoms with Crippen molar-refractivity contribution < 1.29 is 13.2 Å². The van der Waals surface area contributed by atoms with Crippen molar-refractivity contribution in [2.45, 2.75) is 31.4 Å². The Kier molecular flexibility index (Phi) is 3.47. The standard InChI is InChI=1S/C11H11ClF3N3/c1-7(5-11(13,14)15)18-9(6-12)17-8-3-2-4-16-10(8)18/h2-4,7H,5-6H2,1H3. The van der Waals surface area contributed by atoms with Crippen molar-refractivity contribution in [2.24, 2.45) is 0 Å². The van der Waals surface area contributed by atoms with Gasteiger partial charge in [-0.05, 0) is 19.1 Å². The van der Waals surface area contributed by atoms with Crippen LogP contribution >= 0.6 is 11.6 Å². The van der Waals surface area contributed by atoms with E-state index in [0.717, 1.165) is 0 Å². The van der Waals surface area contributed by atoms with Crippen LogP contribution in [-0.4, -0.2) is 20.7 Å². The minimum atomic E-state index is -4.23. The number of hydrogen-bond donors (Lipinski definition) is 0. The van der Waals surface area contributed by atoms with E-state index in [9.17, 15) is 13.2 Å². The summed E-state index contributed by atoms with van der Waals surface area (Å²) in [6.45, 7) is 1.49. The van der Waals surface area contributed by atoms with Crippen LogP contribution < -0.4 is 0 Å². The van der Waals surface area contributed by atoms with E-state index in [-0.39, 0.29) is 5.88 Å². The van der Waals surface area contributed by atoms with Crippen molar-refractivity contribution >= 4 is 22.8 Å². The number of alkyl halides is 4. The molecule has 2 heterocycles.